The van der Waals surface area contributed by atoms with Gasteiger partial charge in [0.25, 0.3) is 0 Å². The van der Waals surface area contributed by atoms with E-state index in [-0.39, 0.29) is 17.6 Å². The van der Waals surface area contributed by atoms with Crippen LogP contribution in [0.3, 0.4) is 0 Å². The van der Waals surface area contributed by atoms with Gasteiger partial charge in [-0.2, -0.15) is 5.26 Å². The number of hydrogen-bond acceptors (Lipinski definition) is 4. The third-order valence-electron chi connectivity index (χ3n) is 2.56. The van der Waals surface area contributed by atoms with E-state index in [2.05, 4.69) is 15.3 Å². The Balaban J connectivity index is 2.21. The highest BCUT2D eigenvalue weighted by atomic mass is 35.5. The van der Waals surface area contributed by atoms with Crippen LogP contribution in [0.5, 0.6) is 0 Å². The zero-order chi connectivity index (χ0) is 13.8. The molecule has 0 saturated carbocycles. The minimum atomic E-state index is -0.380. The molecule has 96 valence electrons. The number of benzene rings is 1. The first kappa shape index (κ1) is 13.2. The van der Waals surface area contributed by atoms with Gasteiger partial charge in [0.2, 0.25) is 0 Å². The van der Waals surface area contributed by atoms with Gasteiger partial charge in [0.05, 0.1) is 18.4 Å². The van der Waals surface area contributed by atoms with Crippen LogP contribution >= 0.6 is 11.6 Å². The Morgan fingerprint density at radius 3 is 2.74 bits per heavy atom. The summed E-state index contributed by atoms with van der Waals surface area (Å²) in [6, 6.07) is 6.04. The fourth-order valence-corrected chi connectivity index (χ4v) is 2.01. The van der Waals surface area contributed by atoms with Crippen molar-refractivity contribution in [2.75, 3.05) is 5.32 Å². The Kier molecular flexibility index (Phi) is 3.93. The highest BCUT2D eigenvalue weighted by Crippen LogP contribution is 2.27. The average Bonchev–Trinajstić information content (AvgIpc) is 2.39. The van der Waals surface area contributed by atoms with Gasteiger partial charge in [0.15, 0.2) is 5.69 Å². The molecule has 1 unspecified atom stereocenters. The molecule has 1 heterocycles. The van der Waals surface area contributed by atoms with Gasteiger partial charge in [0, 0.05) is 10.6 Å². The number of halogens is 2. The van der Waals surface area contributed by atoms with Gasteiger partial charge >= 0.3 is 0 Å². The Morgan fingerprint density at radius 2 is 2.16 bits per heavy atom. The van der Waals surface area contributed by atoms with Crippen LogP contribution in [0.4, 0.5) is 10.2 Å². The maximum Gasteiger partial charge on any atom is 0.158 e. The van der Waals surface area contributed by atoms with Crippen LogP contribution < -0.4 is 5.32 Å². The van der Waals surface area contributed by atoms with E-state index in [0.29, 0.717) is 16.4 Å². The second-order valence-electron chi connectivity index (χ2n) is 3.90. The lowest BCUT2D eigenvalue weighted by Gasteiger charge is -2.16. The van der Waals surface area contributed by atoms with Gasteiger partial charge in [-0.25, -0.2) is 14.4 Å². The molecule has 4 nitrogen and oxygen atoms in total. The number of hydrogen-bond donors (Lipinski definition) is 1. The van der Waals surface area contributed by atoms with Crippen LogP contribution in [0.25, 0.3) is 0 Å². The summed E-state index contributed by atoms with van der Waals surface area (Å²) in [5.41, 5.74) is 0.595. The Morgan fingerprint density at radius 1 is 1.37 bits per heavy atom. The molecule has 1 aromatic heterocycles. The zero-order valence-corrected chi connectivity index (χ0v) is 10.8. The van der Waals surface area contributed by atoms with Gasteiger partial charge in [-0.1, -0.05) is 17.7 Å². The third-order valence-corrected chi connectivity index (χ3v) is 2.89. The van der Waals surface area contributed by atoms with E-state index in [4.69, 9.17) is 16.9 Å². The lowest BCUT2D eigenvalue weighted by atomic mass is 10.1. The molecule has 0 fully saturated rings. The first-order chi connectivity index (χ1) is 9.11. The molecule has 0 saturated heterocycles. The van der Waals surface area contributed by atoms with Crippen molar-refractivity contribution in [3.05, 3.63) is 52.7 Å². The van der Waals surface area contributed by atoms with Crippen LogP contribution in [-0.2, 0) is 0 Å². The highest BCUT2D eigenvalue weighted by Gasteiger charge is 2.15. The summed E-state index contributed by atoms with van der Waals surface area (Å²) in [5.74, 6) is 0.0694. The van der Waals surface area contributed by atoms with E-state index < -0.39 is 0 Å². The van der Waals surface area contributed by atoms with E-state index in [9.17, 15) is 4.39 Å². The SMILES string of the molecule is CC(Nc1cnc(C#N)cn1)c1c(F)cccc1Cl. The van der Waals surface area contributed by atoms with Gasteiger partial charge in [-0.3, -0.25) is 0 Å². The van der Waals surface area contributed by atoms with Gasteiger partial charge in [-0.15, -0.1) is 0 Å². The van der Waals surface area contributed by atoms with Crippen molar-refractivity contribution >= 4 is 17.4 Å². The molecule has 1 atom stereocenters. The minimum absolute atomic E-state index is 0.224. The van der Waals surface area contributed by atoms with Crippen molar-refractivity contribution in [1.29, 1.82) is 5.26 Å². The molecular formula is C13H10ClFN4. The van der Waals surface area contributed by atoms with Crippen molar-refractivity contribution in [2.24, 2.45) is 0 Å². The van der Waals surface area contributed by atoms with Crippen molar-refractivity contribution in [2.45, 2.75) is 13.0 Å². The first-order valence-corrected chi connectivity index (χ1v) is 5.92. The molecule has 0 aliphatic heterocycles. The normalized spacial score (nSPS) is 11.7. The Bertz CT molecular complexity index is 601. The summed E-state index contributed by atoms with van der Waals surface area (Å²) in [4.78, 5) is 7.89. The summed E-state index contributed by atoms with van der Waals surface area (Å²) >= 11 is 5.98. The predicted octanol–water partition coefficient (Wildman–Crippen LogP) is 3.31. The summed E-state index contributed by atoms with van der Waals surface area (Å²) in [5, 5.41) is 12.0. The molecule has 0 amide bonds. The zero-order valence-electron chi connectivity index (χ0n) is 10.1. The summed E-state index contributed by atoms with van der Waals surface area (Å²) < 4.78 is 13.7. The molecule has 0 bridgehead atoms. The summed E-state index contributed by atoms with van der Waals surface area (Å²) in [7, 11) is 0. The highest BCUT2D eigenvalue weighted by molar-refractivity contribution is 6.31. The van der Waals surface area contributed by atoms with Crippen molar-refractivity contribution in [3.63, 3.8) is 0 Å². The maximum absolute atomic E-state index is 13.7. The summed E-state index contributed by atoms with van der Waals surface area (Å²) in [6.07, 6.45) is 2.77. The molecule has 6 heteroatoms. The number of nitriles is 1. The molecule has 0 aliphatic rings. The molecule has 2 rings (SSSR count). The molecule has 19 heavy (non-hydrogen) atoms. The van der Waals surface area contributed by atoms with E-state index in [1.165, 1.54) is 18.5 Å². The molecule has 2 aromatic rings. The number of aromatic nitrogens is 2. The Labute approximate surface area is 114 Å². The second-order valence-corrected chi connectivity index (χ2v) is 4.31. The fraction of sp³-hybridized carbons (Fsp3) is 0.154. The topological polar surface area (TPSA) is 61.6 Å². The van der Waals surface area contributed by atoms with E-state index in [1.807, 2.05) is 6.07 Å². The smallest absolute Gasteiger partial charge is 0.158 e. The van der Waals surface area contributed by atoms with Gasteiger partial charge in [0.1, 0.15) is 17.7 Å². The maximum atomic E-state index is 13.7. The van der Waals surface area contributed by atoms with E-state index in [0.717, 1.165) is 0 Å². The fourth-order valence-electron chi connectivity index (χ4n) is 1.68. The number of nitrogens with one attached hydrogen (secondary N) is 1. The number of rotatable bonds is 3. The average molecular weight is 277 g/mol. The van der Waals surface area contributed by atoms with Crippen LogP contribution in [0, 0.1) is 17.1 Å². The van der Waals surface area contributed by atoms with Crippen LogP contribution in [0.15, 0.2) is 30.6 Å². The molecular weight excluding hydrogens is 267 g/mol. The molecule has 0 radical (unpaired) electrons. The summed E-state index contributed by atoms with van der Waals surface area (Å²) in [6.45, 7) is 1.77. The monoisotopic (exact) mass is 276 g/mol. The standard InChI is InChI=1S/C13H10ClFN4/c1-8(13-10(14)3-2-4-11(13)15)19-12-7-17-9(5-16)6-18-12/h2-4,6-8H,1H3,(H,18,19). The number of anilines is 1. The molecule has 1 aromatic carbocycles. The minimum Gasteiger partial charge on any atom is -0.362 e. The molecule has 1 N–H and O–H groups in total. The molecule has 0 aliphatic carbocycles. The van der Waals surface area contributed by atoms with Gasteiger partial charge in [-0.05, 0) is 19.1 Å². The van der Waals surface area contributed by atoms with E-state index in [1.54, 1.807) is 19.1 Å². The van der Waals surface area contributed by atoms with Gasteiger partial charge < -0.3 is 5.32 Å². The lowest BCUT2D eigenvalue weighted by Crippen LogP contribution is -2.10. The van der Waals surface area contributed by atoms with Crippen molar-refractivity contribution in [3.8, 4) is 6.07 Å². The van der Waals surface area contributed by atoms with Crippen molar-refractivity contribution < 1.29 is 4.39 Å². The Hall–Kier alpha value is -2.19. The van der Waals surface area contributed by atoms with Crippen LogP contribution in [0.2, 0.25) is 5.02 Å². The van der Waals surface area contributed by atoms with Crippen molar-refractivity contribution in [1.82, 2.24) is 9.97 Å². The van der Waals surface area contributed by atoms with Crippen LogP contribution in [-0.4, -0.2) is 9.97 Å². The number of nitrogens with zero attached hydrogens (tertiary/aromatic N) is 3. The second kappa shape index (κ2) is 5.63. The third kappa shape index (κ3) is 2.98. The first-order valence-electron chi connectivity index (χ1n) is 5.54. The van der Waals surface area contributed by atoms with E-state index >= 15 is 0 Å². The van der Waals surface area contributed by atoms with Crippen LogP contribution in [0.1, 0.15) is 24.2 Å². The largest absolute Gasteiger partial charge is 0.362 e. The quantitative estimate of drug-likeness (QED) is 0.934. The lowest BCUT2D eigenvalue weighted by molar-refractivity contribution is 0.600. The molecule has 0 spiro atoms. The predicted molar refractivity (Wildman–Crippen MR) is 70.2 cm³/mol.